The van der Waals surface area contributed by atoms with Crippen molar-refractivity contribution in [2.75, 3.05) is 12.3 Å². The quantitative estimate of drug-likeness (QED) is 0.514. The molecule has 1 atom stereocenters. The van der Waals surface area contributed by atoms with Gasteiger partial charge in [-0.1, -0.05) is 0 Å². The molecule has 0 radical (unpaired) electrons. The summed E-state index contributed by atoms with van der Waals surface area (Å²) in [5, 5.41) is 3.17. The molecule has 1 N–H and O–H groups in total. The number of terminal acetylenes is 1. The first-order valence-electron chi connectivity index (χ1n) is 5.73. The van der Waals surface area contributed by atoms with E-state index in [1.807, 2.05) is 0 Å². The monoisotopic (exact) mass is 267 g/mol. The molecular weight excluding hydrogens is 253 g/mol. The van der Waals surface area contributed by atoms with Gasteiger partial charge >= 0.3 is 0 Å². The van der Waals surface area contributed by atoms with E-state index < -0.39 is 15.7 Å². The minimum Gasteiger partial charge on any atom is -0.309 e. The number of benzene rings is 1. The summed E-state index contributed by atoms with van der Waals surface area (Å²) in [6, 6.07) is 3.67. The van der Waals surface area contributed by atoms with Crippen LogP contribution in [0.1, 0.15) is 24.4 Å². The lowest BCUT2D eigenvalue weighted by Gasteiger charge is -2.26. The predicted molar refractivity (Wildman–Crippen MR) is 67.3 cm³/mol. The summed E-state index contributed by atoms with van der Waals surface area (Å²) < 4.78 is 37.0. The molecule has 0 bridgehead atoms. The van der Waals surface area contributed by atoms with Crippen molar-refractivity contribution in [1.82, 2.24) is 5.32 Å². The first kappa shape index (κ1) is 13.1. The Hall–Kier alpha value is -1.38. The molecule has 0 aliphatic carbocycles. The van der Waals surface area contributed by atoms with Crippen LogP contribution >= 0.6 is 0 Å². The van der Waals surface area contributed by atoms with Crippen LogP contribution in [0.5, 0.6) is 0 Å². The van der Waals surface area contributed by atoms with E-state index in [0.717, 1.165) is 0 Å². The van der Waals surface area contributed by atoms with Gasteiger partial charge in [-0.3, -0.25) is 0 Å². The Labute approximate surface area is 106 Å². The van der Waals surface area contributed by atoms with Crippen molar-refractivity contribution in [3.05, 3.63) is 29.6 Å². The molecule has 0 saturated heterocycles. The molecular formula is C13H14FNO2S. The van der Waals surface area contributed by atoms with E-state index >= 15 is 0 Å². The zero-order valence-corrected chi connectivity index (χ0v) is 10.6. The fourth-order valence-electron chi connectivity index (χ4n) is 2.14. The van der Waals surface area contributed by atoms with Gasteiger partial charge in [0, 0.05) is 19.0 Å². The van der Waals surface area contributed by atoms with E-state index in [-0.39, 0.29) is 16.7 Å². The first-order valence-corrected chi connectivity index (χ1v) is 7.39. The Bertz CT molecular complexity index is 589. The topological polar surface area (TPSA) is 46.2 Å². The van der Waals surface area contributed by atoms with Crippen molar-refractivity contribution in [3.8, 4) is 12.3 Å². The SMILES string of the molecule is C#CCCNC1CCS(=O)(=O)c2ccc(F)cc21. The number of nitrogens with one attached hydrogen (secondary N) is 1. The van der Waals surface area contributed by atoms with E-state index in [0.29, 0.717) is 24.9 Å². The van der Waals surface area contributed by atoms with E-state index in [2.05, 4.69) is 11.2 Å². The first-order chi connectivity index (χ1) is 8.54. The van der Waals surface area contributed by atoms with Crippen LogP contribution < -0.4 is 5.32 Å². The second-order valence-electron chi connectivity index (χ2n) is 4.25. The number of hydrogen-bond donors (Lipinski definition) is 1. The maximum absolute atomic E-state index is 13.3. The lowest BCUT2D eigenvalue weighted by Crippen LogP contribution is -2.30. The van der Waals surface area contributed by atoms with Gasteiger partial charge in [-0.05, 0) is 30.2 Å². The molecule has 1 aliphatic heterocycles. The number of fused-ring (bicyclic) bond motifs is 1. The fraction of sp³-hybridized carbons (Fsp3) is 0.385. The van der Waals surface area contributed by atoms with Crippen molar-refractivity contribution in [3.63, 3.8) is 0 Å². The molecule has 2 rings (SSSR count). The van der Waals surface area contributed by atoms with Crippen LogP contribution in [0.4, 0.5) is 4.39 Å². The van der Waals surface area contributed by atoms with Crippen molar-refractivity contribution >= 4 is 9.84 Å². The molecule has 0 amide bonds. The second-order valence-corrected chi connectivity index (χ2v) is 6.33. The van der Waals surface area contributed by atoms with Gasteiger partial charge in [0.05, 0.1) is 10.6 Å². The highest BCUT2D eigenvalue weighted by molar-refractivity contribution is 7.91. The number of halogens is 1. The smallest absolute Gasteiger partial charge is 0.178 e. The highest BCUT2D eigenvalue weighted by atomic mass is 32.2. The predicted octanol–water partition coefficient (Wildman–Crippen LogP) is 1.66. The highest BCUT2D eigenvalue weighted by Gasteiger charge is 2.30. The van der Waals surface area contributed by atoms with Crippen molar-refractivity contribution in [1.29, 1.82) is 0 Å². The Morgan fingerprint density at radius 3 is 3.00 bits per heavy atom. The molecule has 0 spiro atoms. The molecule has 1 aliphatic rings. The third-order valence-corrected chi connectivity index (χ3v) is 4.83. The average Bonchev–Trinajstić information content (AvgIpc) is 2.32. The summed E-state index contributed by atoms with van der Waals surface area (Å²) in [6.45, 7) is 0.594. The molecule has 3 nitrogen and oxygen atoms in total. The van der Waals surface area contributed by atoms with Gasteiger partial charge in [-0.2, -0.15) is 0 Å². The Balaban J connectivity index is 2.33. The Kier molecular flexibility index (Phi) is 3.69. The van der Waals surface area contributed by atoms with E-state index in [1.54, 1.807) is 0 Å². The second kappa shape index (κ2) is 5.09. The van der Waals surface area contributed by atoms with E-state index in [9.17, 15) is 12.8 Å². The van der Waals surface area contributed by atoms with Gasteiger partial charge in [-0.15, -0.1) is 12.3 Å². The summed E-state index contributed by atoms with van der Waals surface area (Å²) in [5.41, 5.74) is 0.512. The molecule has 0 fully saturated rings. The Morgan fingerprint density at radius 1 is 1.50 bits per heavy atom. The molecule has 5 heteroatoms. The third kappa shape index (κ3) is 2.55. The summed E-state index contributed by atoms with van der Waals surface area (Å²) in [4.78, 5) is 0.230. The van der Waals surface area contributed by atoms with E-state index in [4.69, 9.17) is 6.42 Å². The highest BCUT2D eigenvalue weighted by Crippen LogP contribution is 2.32. The summed E-state index contributed by atoms with van der Waals surface area (Å²) >= 11 is 0. The number of sulfone groups is 1. The molecule has 1 unspecified atom stereocenters. The zero-order valence-electron chi connectivity index (χ0n) is 9.82. The van der Waals surface area contributed by atoms with Gasteiger partial charge < -0.3 is 5.32 Å². The van der Waals surface area contributed by atoms with Gasteiger partial charge in [0.15, 0.2) is 9.84 Å². The average molecular weight is 267 g/mol. The van der Waals surface area contributed by atoms with Gasteiger partial charge in [-0.25, -0.2) is 12.8 Å². The molecule has 1 aromatic carbocycles. The van der Waals surface area contributed by atoms with Crippen molar-refractivity contribution in [2.45, 2.75) is 23.8 Å². The van der Waals surface area contributed by atoms with Crippen molar-refractivity contribution in [2.24, 2.45) is 0 Å². The maximum atomic E-state index is 13.3. The molecule has 18 heavy (non-hydrogen) atoms. The lowest BCUT2D eigenvalue weighted by molar-refractivity contribution is 0.493. The molecule has 0 saturated carbocycles. The van der Waals surface area contributed by atoms with Crippen LogP contribution in [0.3, 0.4) is 0 Å². The van der Waals surface area contributed by atoms with E-state index in [1.165, 1.54) is 18.2 Å². The van der Waals surface area contributed by atoms with Crippen LogP contribution in [-0.4, -0.2) is 20.7 Å². The lowest BCUT2D eigenvalue weighted by atomic mass is 10.0. The van der Waals surface area contributed by atoms with Crippen LogP contribution in [0.15, 0.2) is 23.1 Å². The fourth-order valence-corrected chi connectivity index (χ4v) is 3.75. The molecule has 1 aromatic rings. The van der Waals surface area contributed by atoms with Gasteiger partial charge in [0.25, 0.3) is 0 Å². The molecule has 0 aromatic heterocycles. The third-order valence-electron chi connectivity index (χ3n) is 3.02. The van der Waals surface area contributed by atoms with Crippen molar-refractivity contribution < 1.29 is 12.8 Å². The standard InChI is InChI=1S/C13H14FNO2S/c1-2-3-7-15-12-6-8-18(16,17)13-5-4-10(14)9-11(12)13/h1,4-5,9,12,15H,3,6-8H2. The van der Waals surface area contributed by atoms with Gasteiger partial charge in [0.2, 0.25) is 0 Å². The minimum atomic E-state index is -3.27. The summed E-state index contributed by atoms with van der Waals surface area (Å²) in [6.07, 6.45) is 6.17. The maximum Gasteiger partial charge on any atom is 0.178 e. The van der Waals surface area contributed by atoms with Crippen LogP contribution in [0, 0.1) is 18.2 Å². The summed E-state index contributed by atoms with van der Waals surface area (Å²) in [7, 11) is -3.27. The Morgan fingerprint density at radius 2 is 2.28 bits per heavy atom. The number of hydrogen-bond acceptors (Lipinski definition) is 3. The van der Waals surface area contributed by atoms with Gasteiger partial charge in [0.1, 0.15) is 5.82 Å². The van der Waals surface area contributed by atoms with Crippen LogP contribution in [-0.2, 0) is 9.84 Å². The normalized spacial score (nSPS) is 21.0. The van der Waals surface area contributed by atoms with Crippen LogP contribution in [0.25, 0.3) is 0 Å². The summed E-state index contributed by atoms with van der Waals surface area (Å²) in [5.74, 6) is 2.17. The minimum absolute atomic E-state index is 0.0827. The van der Waals surface area contributed by atoms with Crippen LogP contribution in [0.2, 0.25) is 0 Å². The largest absolute Gasteiger partial charge is 0.309 e. The molecule has 96 valence electrons. The number of rotatable bonds is 3. The molecule has 1 heterocycles. The zero-order chi connectivity index (χ0) is 13.2.